The van der Waals surface area contributed by atoms with Gasteiger partial charge in [-0.05, 0) is 35.4 Å². The molecule has 0 radical (unpaired) electrons. The van der Waals surface area contributed by atoms with Gasteiger partial charge in [0.2, 0.25) is 0 Å². The van der Waals surface area contributed by atoms with Gasteiger partial charge in [0.25, 0.3) is 0 Å². The molecule has 1 nitrogen and oxygen atoms in total. The van der Waals surface area contributed by atoms with Gasteiger partial charge in [0.05, 0.1) is 5.56 Å². The molecule has 0 N–H and O–H groups in total. The van der Waals surface area contributed by atoms with E-state index in [0.717, 1.165) is 42.5 Å². The number of hydrogen-bond acceptors (Lipinski definition) is 1. The van der Waals surface area contributed by atoms with E-state index in [1.807, 2.05) is 0 Å². The van der Waals surface area contributed by atoms with Crippen molar-refractivity contribution in [3.8, 4) is 16.9 Å². The molecule has 8 heteroatoms. The second kappa shape index (κ2) is 5.51. The van der Waals surface area contributed by atoms with Crippen LogP contribution in [-0.2, 0) is 6.18 Å². The lowest BCUT2D eigenvalue weighted by Crippen LogP contribution is -2.17. The Labute approximate surface area is 119 Å². The minimum absolute atomic E-state index is 0.126. The molecule has 22 heavy (non-hydrogen) atoms. The first kappa shape index (κ1) is 16.1. The van der Waals surface area contributed by atoms with E-state index in [-0.39, 0.29) is 11.1 Å². The fourth-order valence-electron chi connectivity index (χ4n) is 1.74. The summed E-state index contributed by atoms with van der Waals surface area (Å²) in [4.78, 5) is 0. The molecule has 0 atom stereocenters. The second-order valence-corrected chi connectivity index (χ2v) is 4.27. The molecule has 0 aliphatic rings. The molecule has 118 valence electrons. The highest BCUT2D eigenvalue weighted by molar-refractivity contribution is 5.64. The van der Waals surface area contributed by atoms with Crippen molar-refractivity contribution in [2.45, 2.75) is 12.5 Å². The zero-order chi connectivity index (χ0) is 16.5. The molecular weight excluding hydrogens is 317 g/mol. The van der Waals surface area contributed by atoms with Crippen molar-refractivity contribution in [2.75, 3.05) is 0 Å². The van der Waals surface area contributed by atoms with Crippen molar-refractivity contribution < 1.29 is 35.5 Å². The van der Waals surface area contributed by atoms with E-state index in [2.05, 4.69) is 4.74 Å². The molecule has 2 aromatic rings. The molecule has 2 rings (SSSR count). The Kier molecular flexibility index (Phi) is 4.04. The minimum Gasteiger partial charge on any atom is -0.403 e. The van der Waals surface area contributed by atoms with Crippen LogP contribution >= 0.6 is 0 Å². The van der Waals surface area contributed by atoms with Gasteiger partial charge in [0.1, 0.15) is 0 Å². The number of hydrogen-bond donors (Lipinski definition) is 0. The van der Waals surface area contributed by atoms with E-state index in [9.17, 15) is 30.7 Å². The Morgan fingerprint density at radius 1 is 0.727 bits per heavy atom. The van der Waals surface area contributed by atoms with Gasteiger partial charge < -0.3 is 4.74 Å². The fraction of sp³-hybridized carbons (Fsp3) is 0.143. The third-order valence-corrected chi connectivity index (χ3v) is 2.70. The normalized spacial score (nSPS) is 12.3. The van der Waals surface area contributed by atoms with Gasteiger partial charge in [-0.3, -0.25) is 0 Å². The SMILES string of the molecule is Fc1cc(-c2ccc(C(F)(F)F)cc2)ccc1OC(F)(F)F. The van der Waals surface area contributed by atoms with Crippen LogP contribution in [0.2, 0.25) is 0 Å². The van der Waals surface area contributed by atoms with Crippen molar-refractivity contribution in [1.29, 1.82) is 0 Å². The van der Waals surface area contributed by atoms with E-state index >= 15 is 0 Å². The number of rotatable bonds is 2. The Hall–Kier alpha value is -2.25. The molecule has 0 aromatic heterocycles. The number of benzene rings is 2. The molecule has 0 heterocycles. The first-order valence-corrected chi connectivity index (χ1v) is 5.79. The van der Waals surface area contributed by atoms with Crippen molar-refractivity contribution in [2.24, 2.45) is 0 Å². The summed E-state index contributed by atoms with van der Waals surface area (Å²) in [6.45, 7) is 0. The molecule has 0 spiro atoms. The van der Waals surface area contributed by atoms with Gasteiger partial charge in [-0.1, -0.05) is 18.2 Å². The van der Waals surface area contributed by atoms with Crippen LogP contribution < -0.4 is 4.74 Å². The summed E-state index contributed by atoms with van der Waals surface area (Å²) < 4.78 is 90.3. The number of halogens is 7. The van der Waals surface area contributed by atoms with Crippen LogP contribution in [0.1, 0.15) is 5.56 Å². The topological polar surface area (TPSA) is 9.23 Å². The number of alkyl halides is 6. The summed E-state index contributed by atoms with van der Waals surface area (Å²) in [6.07, 6.45) is -9.54. The molecular formula is C14H7F7O. The highest BCUT2D eigenvalue weighted by atomic mass is 19.4. The Morgan fingerprint density at radius 2 is 1.27 bits per heavy atom. The maximum atomic E-state index is 13.5. The average molecular weight is 324 g/mol. The molecule has 2 aromatic carbocycles. The summed E-state index contributed by atoms with van der Waals surface area (Å²) in [5.41, 5.74) is -0.528. The van der Waals surface area contributed by atoms with Crippen LogP contribution in [0.15, 0.2) is 42.5 Å². The Morgan fingerprint density at radius 3 is 1.73 bits per heavy atom. The predicted octanol–water partition coefficient (Wildman–Crippen LogP) is 5.41. The molecule has 0 saturated heterocycles. The van der Waals surface area contributed by atoms with Gasteiger partial charge in [-0.2, -0.15) is 13.2 Å². The lowest BCUT2D eigenvalue weighted by molar-refractivity contribution is -0.275. The summed E-state index contributed by atoms with van der Waals surface area (Å²) in [5, 5.41) is 0. The summed E-state index contributed by atoms with van der Waals surface area (Å²) in [6, 6.07) is 6.43. The first-order chi connectivity index (χ1) is 10.1. The van der Waals surface area contributed by atoms with Gasteiger partial charge in [-0.25, -0.2) is 4.39 Å². The Bertz CT molecular complexity index is 656. The zero-order valence-corrected chi connectivity index (χ0v) is 10.6. The molecule has 0 amide bonds. The molecule has 0 bridgehead atoms. The molecule has 0 aliphatic heterocycles. The lowest BCUT2D eigenvalue weighted by atomic mass is 10.0. The predicted molar refractivity (Wildman–Crippen MR) is 63.5 cm³/mol. The van der Waals surface area contributed by atoms with Crippen molar-refractivity contribution in [1.82, 2.24) is 0 Å². The largest absolute Gasteiger partial charge is 0.573 e. The Balaban J connectivity index is 2.29. The van der Waals surface area contributed by atoms with Gasteiger partial charge in [0, 0.05) is 0 Å². The zero-order valence-electron chi connectivity index (χ0n) is 10.6. The van der Waals surface area contributed by atoms with E-state index < -0.39 is 29.7 Å². The van der Waals surface area contributed by atoms with Gasteiger partial charge in [0.15, 0.2) is 11.6 Å². The molecule has 0 unspecified atom stereocenters. The summed E-state index contributed by atoms with van der Waals surface area (Å²) in [5.74, 6) is -2.28. The van der Waals surface area contributed by atoms with Gasteiger partial charge >= 0.3 is 12.5 Å². The maximum Gasteiger partial charge on any atom is 0.573 e. The average Bonchev–Trinajstić information content (AvgIpc) is 2.39. The van der Waals surface area contributed by atoms with Crippen molar-refractivity contribution in [3.63, 3.8) is 0 Å². The van der Waals surface area contributed by atoms with Crippen LogP contribution in [0.4, 0.5) is 30.7 Å². The van der Waals surface area contributed by atoms with Crippen LogP contribution in [0.3, 0.4) is 0 Å². The van der Waals surface area contributed by atoms with Crippen molar-refractivity contribution >= 4 is 0 Å². The standard InChI is InChI=1S/C14H7F7O/c15-11-7-9(3-6-12(11)22-14(19,20)21)8-1-4-10(5-2-8)13(16,17)18/h1-7H. The van der Waals surface area contributed by atoms with Gasteiger partial charge in [-0.15, -0.1) is 13.2 Å². The molecule has 0 saturated carbocycles. The first-order valence-electron chi connectivity index (χ1n) is 5.79. The van der Waals surface area contributed by atoms with Crippen molar-refractivity contribution in [3.05, 3.63) is 53.8 Å². The minimum atomic E-state index is -5.03. The van der Waals surface area contributed by atoms with Crippen LogP contribution in [0, 0.1) is 5.82 Å². The quantitative estimate of drug-likeness (QED) is 0.671. The molecule has 0 aliphatic carbocycles. The highest BCUT2D eigenvalue weighted by Crippen LogP contribution is 2.33. The third kappa shape index (κ3) is 3.90. The summed E-state index contributed by atoms with van der Waals surface area (Å²) >= 11 is 0. The van der Waals surface area contributed by atoms with E-state index in [1.165, 1.54) is 0 Å². The van der Waals surface area contributed by atoms with E-state index in [1.54, 1.807) is 0 Å². The number of ether oxygens (including phenoxy) is 1. The third-order valence-electron chi connectivity index (χ3n) is 2.70. The second-order valence-electron chi connectivity index (χ2n) is 4.27. The smallest absolute Gasteiger partial charge is 0.403 e. The summed E-state index contributed by atoms with van der Waals surface area (Å²) in [7, 11) is 0. The fourth-order valence-corrected chi connectivity index (χ4v) is 1.74. The van der Waals surface area contributed by atoms with Crippen LogP contribution in [0.25, 0.3) is 11.1 Å². The highest BCUT2D eigenvalue weighted by Gasteiger charge is 2.32. The van der Waals surface area contributed by atoms with E-state index in [0.29, 0.717) is 0 Å². The molecule has 0 fully saturated rings. The van der Waals surface area contributed by atoms with Crippen LogP contribution in [-0.4, -0.2) is 6.36 Å². The maximum absolute atomic E-state index is 13.5. The van der Waals surface area contributed by atoms with Crippen LogP contribution in [0.5, 0.6) is 5.75 Å². The monoisotopic (exact) mass is 324 g/mol. The van der Waals surface area contributed by atoms with E-state index in [4.69, 9.17) is 0 Å². The lowest BCUT2D eigenvalue weighted by Gasteiger charge is -2.11.